The fourth-order valence-electron chi connectivity index (χ4n) is 2.88. The summed E-state index contributed by atoms with van der Waals surface area (Å²) in [6.07, 6.45) is 5.63. The molecule has 1 aliphatic heterocycles. The largest absolute Gasteiger partial charge is 0.328 e. The maximum atomic E-state index is 11.8. The van der Waals surface area contributed by atoms with Crippen LogP contribution in [0.4, 0.5) is 0 Å². The summed E-state index contributed by atoms with van der Waals surface area (Å²) in [6, 6.07) is 0.628. The van der Waals surface area contributed by atoms with Crippen molar-refractivity contribution in [2.24, 2.45) is 5.73 Å². The average molecular weight is 278 g/mol. The minimum absolute atomic E-state index is 0.253. The molecule has 1 saturated heterocycles. The average Bonchev–Trinajstić information content (AvgIpc) is 2.28. The number of thioether (sulfide) groups is 1. The molecule has 2 N–H and O–H groups in total. The van der Waals surface area contributed by atoms with Gasteiger partial charge >= 0.3 is 0 Å². The Bertz CT molecular complexity index is 358. The molecular formula is C11H22N2O2S2. The van der Waals surface area contributed by atoms with Crippen molar-refractivity contribution in [1.29, 1.82) is 0 Å². The third-order valence-electron chi connectivity index (χ3n) is 3.77. The molecule has 3 unspecified atom stereocenters. The molecular weight excluding hydrogens is 256 g/mol. The van der Waals surface area contributed by atoms with Crippen LogP contribution in [-0.2, 0) is 9.84 Å². The zero-order valence-electron chi connectivity index (χ0n) is 10.3. The van der Waals surface area contributed by atoms with Gasteiger partial charge in [0.05, 0.1) is 0 Å². The number of rotatable bonds is 2. The molecule has 1 aliphatic carbocycles. The number of nitrogens with zero attached hydrogens (tertiary/aromatic N) is 1. The highest BCUT2D eigenvalue weighted by Crippen LogP contribution is 2.29. The topological polar surface area (TPSA) is 63.4 Å². The predicted molar refractivity (Wildman–Crippen MR) is 72.9 cm³/mol. The zero-order chi connectivity index (χ0) is 12.5. The molecule has 100 valence electrons. The van der Waals surface area contributed by atoms with Crippen molar-refractivity contribution in [3.63, 3.8) is 0 Å². The van der Waals surface area contributed by atoms with E-state index >= 15 is 0 Å². The highest BCUT2D eigenvalue weighted by atomic mass is 32.2. The molecule has 0 bridgehead atoms. The third kappa shape index (κ3) is 3.36. The van der Waals surface area contributed by atoms with E-state index in [0.717, 1.165) is 38.0 Å². The van der Waals surface area contributed by atoms with Gasteiger partial charge in [-0.25, -0.2) is 8.42 Å². The molecule has 0 aromatic carbocycles. The van der Waals surface area contributed by atoms with Gasteiger partial charge in [0, 0.05) is 36.4 Å². The second-order valence-electron chi connectivity index (χ2n) is 5.18. The van der Waals surface area contributed by atoms with Crippen molar-refractivity contribution in [3.05, 3.63) is 0 Å². The minimum atomic E-state index is -2.98. The van der Waals surface area contributed by atoms with E-state index in [0.29, 0.717) is 11.8 Å². The van der Waals surface area contributed by atoms with Crippen LogP contribution in [0.2, 0.25) is 0 Å². The van der Waals surface area contributed by atoms with Gasteiger partial charge in [-0.15, -0.1) is 0 Å². The van der Waals surface area contributed by atoms with Crippen molar-refractivity contribution in [2.45, 2.75) is 43.1 Å². The lowest BCUT2D eigenvalue weighted by molar-refractivity contribution is 0.144. The molecule has 0 amide bonds. The number of hydrogen-bond donors (Lipinski definition) is 1. The van der Waals surface area contributed by atoms with Crippen LogP contribution in [0.15, 0.2) is 0 Å². The lowest BCUT2D eigenvalue weighted by atomic mass is 9.90. The van der Waals surface area contributed by atoms with Gasteiger partial charge in [-0.05, 0) is 19.3 Å². The highest BCUT2D eigenvalue weighted by Gasteiger charge is 2.36. The molecule has 0 radical (unpaired) electrons. The standard InChI is InChI=1S/C11H22N2O2S2/c1-17(14,15)11-8-16-6-5-13(11)10-4-2-3-9(12)7-10/h9-11H,2-8,12H2,1H3. The maximum Gasteiger partial charge on any atom is 0.164 e. The van der Waals surface area contributed by atoms with E-state index < -0.39 is 9.84 Å². The Kier molecular flexibility index (Phi) is 4.39. The van der Waals surface area contributed by atoms with Gasteiger partial charge in [0.15, 0.2) is 9.84 Å². The minimum Gasteiger partial charge on any atom is -0.328 e. The maximum absolute atomic E-state index is 11.8. The smallest absolute Gasteiger partial charge is 0.164 e. The fourth-order valence-corrected chi connectivity index (χ4v) is 5.83. The molecule has 3 atom stereocenters. The van der Waals surface area contributed by atoms with E-state index in [1.54, 1.807) is 11.8 Å². The summed E-state index contributed by atoms with van der Waals surface area (Å²) in [5, 5.41) is -0.295. The predicted octanol–water partition coefficient (Wildman–Crippen LogP) is 0.676. The summed E-state index contributed by atoms with van der Waals surface area (Å²) in [4.78, 5) is 2.20. The summed E-state index contributed by atoms with van der Waals surface area (Å²) in [5.74, 6) is 1.75. The van der Waals surface area contributed by atoms with Crippen LogP contribution in [0.25, 0.3) is 0 Å². The summed E-state index contributed by atoms with van der Waals surface area (Å²) in [5.41, 5.74) is 6.00. The molecule has 0 aromatic heterocycles. The SMILES string of the molecule is CS(=O)(=O)C1CSCCN1C1CCCC(N)C1. The van der Waals surface area contributed by atoms with Crippen LogP contribution in [-0.4, -0.2) is 55.1 Å². The van der Waals surface area contributed by atoms with Crippen molar-refractivity contribution >= 4 is 21.6 Å². The molecule has 4 nitrogen and oxygen atoms in total. The van der Waals surface area contributed by atoms with Gasteiger partial charge in [0.2, 0.25) is 0 Å². The first kappa shape index (κ1) is 13.6. The van der Waals surface area contributed by atoms with Gasteiger partial charge in [0.25, 0.3) is 0 Å². The lowest BCUT2D eigenvalue weighted by Gasteiger charge is -2.42. The van der Waals surface area contributed by atoms with Crippen LogP contribution >= 0.6 is 11.8 Å². The lowest BCUT2D eigenvalue weighted by Crippen LogP contribution is -2.54. The number of nitrogens with two attached hydrogens (primary N) is 1. The van der Waals surface area contributed by atoms with Crippen LogP contribution < -0.4 is 5.73 Å². The van der Waals surface area contributed by atoms with E-state index in [9.17, 15) is 8.42 Å². The molecule has 17 heavy (non-hydrogen) atoms. The number of sulfone groups is 1. The fraction of sp³-hybridized carbons (Fsp3) is 1.00. The van der Waals surface area contributed by atoms with E-state index in [1.807, 2.05) is 0 Å². The summed E-state index contributed by atoms with van der Waals surface area (Å²) in [6.45, 7) is 0.889. The van der Waals surface area contributed by atoms with Crippen molar-refractivity contribution < 1.29 is 8.42 Å². The first-order valence-corrected chi connectivity index (χ1v) is 9.37. The van der Waals surface area contributed by atoms with Crippen molar-refractivity contribution in [1.82, 2.24) is 4.90 Å². The van der Waals surface area contributed by atoms with Gasteiger partial charge in [-0.2, -0.15) is 11.8 Å². The van der Waals surface area contributed by atoms with Crippen LogP contribution in [0.1, 0.15) is 25.7 Å². The van der Waals surface area contributed by atoms with Gasteiger partial charge in [-0.1, -0.05) is 6.42 Å². The van der Waals surface area contributed by atoms with Crippen molar-refractivity contribution in [2.75, 3.05) is 24.3 Å². The molecule has 1 heterocycles. The van der Waals surface area contributed by atoms with Crippen LogP contribution in [0, 0.1) is 0 Å². The first-order chi connectivity index (χ1) is 7.98. The monoisotopic (exact) mass is 278 g/mol. The van der Waals surface area contributed by atoms with E-state index in [2.05, 4.69) is 4.90 Å². The summed E-state index contributed by atoms with van der Waals surface area (Å²) in [7, 11) is -2.98. The Hall–Kier alpha value is 0.220. The summed E-state index contributed by atoms with van der Waals surface area (Å²) < 4.78 is 23.7. The first-order valence-electron chi connectivity index (χ1n) is 6.26. The highest BCUT2D eigenvalue weighted by molar-refractivity contribution is 8.00. The van der Waals surface area contributed by atoms with E-state index in [-0.39, 0.29) is 11.4 Å². The van der Waals surface area contributed by atoms with E-state index in [4.69, 9.17) is 5.73 Å². The Morgan fingerprint density at radius 2 is 2.12 bits per heavy atom. The molecule has 0 aromatic rings. The Morgan fingerprint density at radius 3 is 2.76 bits per heavy atom. The normalized spacial score (nSPS) is 36.9. The van der Waals surface area contributed by atoms with Crippen molar-refractivity contribution in [3.8, 4) is 0 Å². The van der Waals surface area contributed by atoms with Crippen LogP contribution in [0.3, 0.4) is 0 Å². The Balaban J connectivity index is 2.10. The molecule has 0 spiro atoms. The molecule has 2 rings (SSSR count). The number of hydrogen-bond acceptors (Lipinski definition) is 5. The van der Waals surface area contributed by atoms with Gasteiger partial charge in [-0.3, -0.25) is 4.90 Å². The zero-order valence-corrected chi connectivity index (χ0v) is 12.0. The molecule has 2 fully saturated rings. The van der Waals surface area contributed by atoms with Gasteiger partial charge < -0.3 is 5.73 Å². The molecule has 2 aliphatic rings. The quantitative estimate of drug-likeness (QED) is 0.804. The Morgan fingerprint density at radius 1 is 1.35 bits per heavy atom. The van der Waals surface area contributed by atoms with Gasteiger partial charge in [0.1, 0.15) is 5.37 Å². The second kappa shape index (κ2) is 5.47. The molecule has 1 saturated carbocycles. The van der Waals surface area contributed by atoms with E-state index in [1.165, 1.54) is 6.26 Å². The van der Waals surface area contributed by atoms with Crippen LogP contribution in [0.5, 0.6) is 0 Å². The molecule has 6 heteroatoms. The third-order valence-corrected chi connectivity index (χ3v) is 6.43. The summed E-state index contributed by atoms with van der Waals surface area (Å²) >= 11 is 1.75. The second-order valence-corrected chi connectivity index (χ2v) is 8.53. The Labute approximate surface area is 108 Å².